The van der Waals surface area contributed by atoms with Crippen LogP contribution in [0.3, 0.4) is 0 Å². The Morgan fingerprint density at radius 3 is 2.55 bits per heavy atom. The van der Waals surface area contributed by atoms with Crippen LogP contribution >= 0.6 is 43.2 Å². The summed E-state index contributed by atoms with van der Waals surface area (Å²) in [7, 11) is 0. The molecule has 1 aromatic carbocycles. The predicted molar refractivity (Wildman–Crippen MR) is 91.1 cm³/mol. The number of nitrogens with one attached hydrogen (secondary N) is 1. The molecule has 0 fully saturated rings. The molecular weight excluding hydrogens is 404 g/mol. The van der Waals surface area contributed by atoms with Crippen molar-refractivity contribution in [3.63, 3.8) is 0 Å². The predicted octanol–water partition coefficient (Wildman–Crippen LogP) is 4.61. The zero-order valence-corrected chi connectivity index (χ0v) is 15.2. The molecule has 1 atom stereocenters. The minimum absolute atomic E-state index is 0.0809. The number of nitrogens with two attached hydrogens (primary N) is 1. The van der Waals surface area contributed by atoms with E-state index >= 15 is 0 Å². The van der Waals surface area contributed by atoms with Gasteiger partial charge in [0.25, 0.3) is 0 Å². The van der Waals surface area contributed by atoms with Crippen LogP contribution in [0.4, 0.5) is 0 Å². The SMILES string of the molecule is CC(C)Oc1cccc(C(NN)c2cc(Br)sc2Br)c1. The van der Waals surface area contributed by atoms with Crippen molar-refractivity contribution in [2.75, 3.05) is 0 Å². The van der Waals surface area contributed by atoms with Gasteiger partial charge in [-0.05, 0) is 69.5 Å². The Labute approximate surface area is 139 Å². The van der Waals surface area contributed by atoms with Gasteiger partial charge in [0.2, 0.25) is 0 Å². The maximum absolute atomic E-state index is 5.74. The topological polar surface area (TPSA) is 47.3 Å². The van der Waals surface area contributed by atoms with Crippen LogP contribution in [0.15, 0.2) is 37.9 Å². The molecule has 1 unspecified atom stereocenters. The normalized spacial score (nSPS) is 12.7. The van der Waals surface area contributed by atoms with Gasteiger partial charge in [-0.15, -0.1) is 11.3 Å². The quantitative estimate of drug-likeness (QED) is 0.549. The molecule has 3 nitrogen and oxygen atoms in total. The highest BCUT2D eigenvalue weighted by molar-refractivity contribution is 9.12. The summed E-state index contributed by atoms with van der Waals surface area (Å²) in [6, 6.07) is 9.97. The maximum Gasteiger partial charge on any atom is 0.120 e. The standard InChI is InChI=1S/C14H16Br2N2OS/c1-8(2)19-10-5-3-4-9(6-10)13(18-17)11-7-12(15)20-14(11)16/h3-8,13,18H,17H2,1-2H3. The first-order valence-electron chi connectivity index (χ1n) is 6.18. The summed E-state index contributed by atoms with van der Waals surface area (Å²) in [5.74, 6) is 6.59. The molecule has 0 saturated heterocycles. The molecule has 0 aliphatic carbocycles. The Balaban J connectivity index is 2.34. The van der Waals surface area contributed by atoms with E-state index in [4.69, 9.17) is 10.6 Å². The summed E-state index contributed by atoms with van der Waals surface area (Å²) in [4.78, 5) is 0. The summed E-state index contributed by atoms with van der Waals surface area (Å²) in [5, 5.41) is 0. The molecule has 0 amide bonds. The van der Waals surface area contributed by atoms with Gasteiger partial charge in [-0.25, -0.2) is 5.43 Å². The van der Waals surface area contributed by atoms with Gasteiger partial charge in [0.05, 0.1) is 19.7 Å². The van der Waals surface area contributed by atoms with E-state index in [2.05, 4.69) is 43.4 Å². The number of hydrogen-bond donors (Lipinski definition) is 2. The Kier molecular flexibility index (Phi) is 5.63. The first-order chi connectivity index (χ1) is 9.51. The van der Waals surface area contributed by atoms with Gasteiger partial charge in [0.1, 0.15) is 5.75 Å². The third kappa shape index (κ3) is 3.83. The van der Waals surface area contributed by atoms with E-state index in [1.807, 2.05) is 38.1 Å². The van der Waals surface area contributed by atoms with E-state index in [1.54, 1.807) is 11.3 Å². The first kappa shape index (κ1) is 16.0. The number of benzene rings is 1. The molecule has 2 aromatic rings. The minimum Gasteiger partial charge on any atom is -0.491 e. The third-order valence-electron chi connectivity index (χ3n) is 2.72. The highest BCUT2D eigenvalue weighted by Crippen LogP contribution is 2.38. The van der Waals surface area contributed by atoms with Crippen molar-refractivity contribution in [1.29, 1.82) is 0 Å². The summed E-state index contributed by atoms with van der Waals surface area (Å²) in [6.07, 6.45) is 0.150. The van der Waals surface area contributed by atoms with Crippen molar-refractivity contribution >= 4 is 43.2 Å². The molecule has 1 heterocycles. The molecule has 1 aromatic heterocycles. The molecule has 2 rings (SSSR count). The molecule has 0 spiro atoms. The van der Waals surface area contributed by atoms with Gasteiger partial charge in [0, 0.05) is 5.56 Å². The zero-order chi connectivity index (χ0) is 14.7. The van der Waals surface area contributed by atoms with E-state index in [-0.39, 0.29) is 12.1 Å². The fourth-order valence-electron chi connectivity index (χ4n) is 1.95. The fourth-order valence-corrected chi connectivity index (χ4v) is 4.86. The van der Waals surface area contributed by atoms with Gasteiger partial charge in [-0.2, -0.15) is 0 Å². The smallest absolute Gasteiger partial charge is 0.120 e. The molecule has 0 radical (unpaired) electrons. The lowest BCUT2D eigenvalue weighted by molar-refractivity contribution is 0.242. The molecule has 108 valence electrons. The van der Waals surface area contributed by atoms with Crippen LogP contribution in [0.5, 0.6) is 5.75 Å². The molecule has 0 aliphatic rings. The van der Waals surface area contributed by atoms with Crippen molar-refractivity contribution < 1.29 is 4.74 Å². The van der Waals surface area contributed by atoms with E-state index < -0.39 is 0 Å². The number of thiophene rings is 1. The highest BCUT2D eigenvalue weighted by atomic mass is 79.9. The number of ether oxygens (including phenoxy) is 1. The van der Waals surface area contributed by atoms with Crippen molar-refractivity contribution in [2.24, 2.45) is 5.84 Å². The molecule has 0 bridgehead atoms. The van der Waals surface area contributed by atoms with Gasteiger partial charge in [-0.1, -0.05) is 12.1 Å². The fraction of sp³-hybridized carbons (Fsp3) is 0.286. The van der Waals surface area contributed by atoms with Crippen molar-refractivity contribution in [2.45, 2.75) is 26.0 Å². The van der Waals surface area contributed by atoms with Crippen molar-refractivity contribution in [3.8, 4) is 5.75 Å². The Bertz CT molecular complexity index is 586. The second-order valence-electron chi connectivity index (χ2n) is 4.62. The van der Waals surface area contributed by atoms with Crippen LogP contribution in [-0.4, -0.2) is 6.10 Å². The van der Waals surface area contributed by atoms with Gasteiger partial charge in [0.15, 0.2) is 0 Å². The lowest BCUT2D eigenvalue weighted by Gasteiger charge is -2.18. The summed E-state index contributed by atoms with van der Waals surface area (Å²) < 4.78 is 7.86. The molecule has 20 heavy (non-hydrogen) atoms. The third-order valence-corrected chi connectivity index (χ3v) is 5.11. The largest absolute Gasteiger partial charge is 0.491 e. The number of rotatable bonds is 5. The average molecular weight is 420 g/mol. The molecular formula is C14H16Br2N2OS. The van der Waals surface area contributed by atoms with Gasteiger partial charge in [-0.3, -0.25) is 5.84 Å². The Morgan fingerprint density at radius 1 is 1.25 bits per heavy atom. The lowest BCUT2D eigenvalue weighted by atomic mass is 10.0. The van der Waals surface area contributed by atoms with E-state index in [0.717, 1.165) is 24.4 Å². The number of hydrogen-bond acceptors (Lipinski definition) is 4. The second-order valence-corrected chi connectivity index (χ2v) is 8.37. The van der Waals surface area contributed by atoms with Crippen LogP contribution in [0.2, 0.25) is 0 Å². The minimum atomic E-state index is -0.0809. The second kappa shape index (κ2) is 7.04. The zero-order valence-electron chi connectivity index (χ0n) is 11.2. The van der Waals surface area contributed by atoms with Crippen LogP contribution < -0.4 is 16.0 Å². The summed E-state index contributed by atoms with van der Waals surface area (Å²) >= 11 is 8.70. The van der Waals surface area contributed by atoms with Crippen LogP contribution in [0.1, 0.15) is 31.0 Å². The van der Waals surface area contributed by atoms with Crippen LogP contribution in [0, 0.1) is 0 Å². The Hall–Kier alpha value is -0.400. The number of halogens is 2. The van der Waals surface area contributed by atoms with Gasteiger partial charge >= 0.3 is 0 Å². The molecule has 3 N–H and O–H groups in total. The van der Waals surface area contributed by atoms with Crippen molar-refractivity contribution in [3.05, 3.63) is 49.0 Å². The first-order valence-corrected chi connectivity index (χ1v) is 8.59. The molecule has 0 aliphatic heterocycles. The summed E-state index contributed by atoms with van der Waals surface area (Å²) in [5.41, 5.74) is 5.04. The van der Waals surface area contributed by atoms with E-state index in [1.165, 1.54) is 0 Å². The summed E-state index contributed by atoms with van der Waals surface area (Å²) in [6.45, 7) is 4.02. The maximum atomic E-state index is 5.74. The van der Waals surface area contributed by atoms with Crippen molar-refractivity contribution in [1.82, 2.24) is 5.43 Å². The Morgan fingerprint density at radius 2 is 2.00 bits per heavy atom. The highest BCUT2D eigenvalue weighted by Gasteiger charge is 2.18. The molecule has 0 saturated carbocycles. The average Bonchev–Trinajstić information content (AvgIpc) is 2.69. The van der Waals surface area contributed by atoms with E-state index in [9.17, 15) is 0 Å². The monoisotopic (exact) mass is 418 g/mol. The van der Waals surface area contributed by atoms with Gasteiger partial charge < -0.3 is 4.74 Å². The van der Waals surface area contributed by atoms with E-state index in [0.29, 0.717) is 0 Å². The number of hydrazine groups is 1. The molecule has 6 heteroatoms. The lowest BCUT2D eigenvalue weighted by Crippen LogP contribution is -2.28. The van der Waals surface area contributed by atoms with Crippen LogP contribution in [0.25, 0.3) is 0 Å². The van der Waals surface area contributed by atoms with Crippen LogP contribution in [-0.2, 0) is 0 Å².